The quantitative estimate of drug-likeness (QED) is 0.607. The van der Waals surface area contributed by atoms with Gasteiger partial charge in [0.05, 0.1) is 24.2 Å². The van der Waals surface area contributed by atoms with Crippen LogP contribution in [-0.2, 0) is 0 Å². The van der Waals surface area contributed by atoms with E-state index in [0.717, 1.165) is 6.42 Å². The van der Waals surface area contributed by atoms with Crippen molar-refractivity contribution in [3.8, 4) is 11.5 Å². The first kappa shape index (κ1) is 17.0. The highest BCUT2D eigenvalue weighted by Crippen LogP contribution is 2.26. The number of halogens is 1. The summed E-state index contributed by atoms with van der Waals surface area (Å²) in [6.45, 7) is 2.43. The molecule has 0 saturated carbocycles. The van der Waals surface area contributed by atoms with Gasteiger partial charge in [0.1, 0.15) is 11.5 Å². The number of ether oxygens (including phenoxy) is 1. The smallest absolute Gasteiger partial charge is 0.174 e. The third kappa shape index (κ3) is 4.33. The van der Waals surface area contributed by atoms with E-state index in [9.17, 15) is 14.7 Å². The molecule has 0 bridgehead atoms. The Morgan fingerprint density at radius 3 is 2.48 bits per heavy atom. The number of hydrogen-bond donors (Lipinski definition) is 1. The Bertz CT molecular complexity index is 725. The molecule has 2 aromatic rings. The summed E-state index contributed by atoms with van der Waals surface area (Å²) in [6.07, 6.45) is 0.438. The Kier molecular flexibility index (Phi) is 5.77. The Labute approximate surface area is 139 Å². The fraction of sp³-hybridized carbons (Fsp3) is 0.222. The van der Waals surface area contributed by atoms with E-state index in [2.05, 4.69) is 0 Å². The molecule has 0 saturated heterocycles. The Morgan fingerprint density at radius 1 is 1.09 bits per heavy atom. The van der Waals surface area contributed by atoms with Crippen LogP contribution in [0.1, 0.15) is 40.5 Å². The van der Waals surface area contributed by atoms with Gasteiger partial charge in [0.15, 0.2) is 11.6 Å². The van der Waals surface area contributed by atoms with E-state index in [-0.39, 0.29) is 23.3 Å². The van der Waals surface area contributed by atoms with Crippen molar-refractivity contribution >= 4 is 23.2 Å². The van der Waals surface area contributed by atoms with Crippen LogP contribution >= 0.6 is 11.6 Å². The number of carbonyl (C=O) groups excluding carboxylic acids is 2. The van der Waals surface area contributed by atoms with Crippen LogP contribution < -0.4 is 4.74 Å². The van der Waals surface area contributed by atoms with Gasteiger partial charge in [-0.15, -0.1) is 0 Å². The molecule has 0 fully saturated rings. The maximum atomic E-state index is 12.4. The fourth-order valence-electron chi connectivity index (χ4n) is 2.10. The van der Waals surface area contributed by atoms with Gasteiger partial charge >= 0.3 is 0 Å². The number of benzene rings is 2. The summed E-state index contributed by atoms with van der Waals surface area (Å²) in [5, 5.41) is 10.1. The van der Waals surface area contributed by atoms with Crippen molar-refractivity contribution in [1.82, 2.24) is 0 Å². The van der Waals surface area contributed by atoms with Crippen molar-refractivity contribution in [2.24, 2.45) is 0 Å². The standard InChI is InChI=1S/C18H17ClO4/c1-2-9-23-18-8-7-12(19)10-14(18)17(22)11-16(21)13-5-3-4-6-15(13)20/h3-8,10,20H,2,9,11H2,1H3. The Hall–Kier alpha value is -2.33. The molecule has 0 aliphatic carbocycles. The Morgan fingerprint density at radius 2 is 1.78 bits per heavy atom. The molecule has 0 amide bonds. The largest absolute Gasteiger partial charge is 0.507 e. The average Bonchev–Trinajstić information content (AvgIpc) is 2.53. The van der Waals surface area contributed by atoms with Crippen LogP contribution in [0.2, 0.25) is 5.02 Å². The second-order valence-electron chi connectivity index (χ2n) is 5.03. The van der Waals surface area contributed by atoms with E-state index >= 15 is 0 Å². The van der Waals surface area contributed by atoms with Crippen molar-refractivity contribution in [2.75, 3.05) is 6.61 Å². The van der Waals surface area contributed by atoms with Crippen molar-refractivity contribution in [3.05, 3.63) is 58.6 Å². The zero-order valence-electron chi connectivity index (χ0n) is 12.7. The molecule has 0 unspecified atom stereocenters. The van der Waals surface area contributed by atoms with Crippen molar-refractivity contribution in [3.63, 3.8) is 0 Å². The molecule has 1 N–H and O–H groups in total. The summed E-state index contributed by atoms with van der Waals surface area (Å²) in [6, 6.07) is 10.9. The predicted molar refractivity (Wildman–Crippen MR) is 88.6 cm³/mol. The van der Waals surface area contributed by atoms with Crippen LogP contribution in [0.25, 0.3) is 0 Å². The topological polar surface area (TPSA) is 63.6 Å². The van der Waals surface area contributed by atoms with Gasteiger partial charge in [-0.1, -0.05) is 30.7 Å². The third-order valence-electron chi connectivity index (χ3n) is 3.23. The molecule has 5 heteroatoms. The van der Waals surface area contributed by atoms with E-state index in [1.54, 1.807) is 24.3 Å². The first-order valence-electron chi connectivity index (χ1n) is 7.29. The summed E-state index contributed by atoms with van der Waals surface area (Å²) in [7, 11) is 0. The van der Waals surface area contributed by atoms with Gasteiger partial charge in [-0.3, -0.25) is 9.59 Å². The molecule has 0 heterocycles. The number of rotatable bonds is 7. The predicted octanol–water partition coefficient (Wildman–Crippen LogP) is 4.29. The molecule has 0 spiro atoms. The molecule has 120 valence electrons. The number of phenolic OH excluding ortho intramolecular Hbond substituents is 1. The molecular weight excluding hydrogens is 316 g/mol. The fourth-order valence-corrected chi connectivity index (χ4v) is 2.28. The highest BCUT2D eigenvalue weighted by molar-refractivity contribution is 6.31. The van der Waals surface area contributed by atoms with Gasteiger partial charge in [-0.25, -0.2) is 0 Å². The molecular formula is C18H17ClO4. The van der Waals surface area contributed by atoms with Crippen LogP contribution in [0.5, 0.6) is 11.5 Å². The zero-order chi connectivity index (χ0) is 16.8. The maximum Gasteiger partial charge on any atom is 0.174 e. The Balaban J connectivity index is 2.22. The van der Waals surface area contributed by atoms with Crippen molar-refractivity contribution < 1.29 is 19.4 Å². The van der Waals surface area contributed by atoms with Crippen LogP contribution in [0.15, 0.2) is 42.5 Å². The lowest BCUT2D eigenvalue weighted by molar-refractivity contribution is 0.0891. The van der Waals surface area contributed by atoms with Crippen LogP contribution in [0.4, 0.5) is 0 Å². The minimum Gasteiger partial charge on any atom is -0.507 e. The number of aromatic hydroxyl groups is 1. The van der Waals surface area contributed by atoms with E-state index in [1.165, 1.54) is 18.2 Å². The van der Waals surface area contributed by atoms with Crippen molar-refractivity contribution in [2.45, 2.75) is 19.8 Å². The van der Waals surface area contributed by atoms with Crippen LogP contribution in [0, 0.1) is 0 Å². The lowest BCUT2D eigenvalue weighted by atomic mass is 10.0. The number of carbonyl (C=O) groups is 2. The summed E-state index contributed by atoms with van der Waals surface area (Å²) in [5.74, 6) is -0.577. The third-order valence-corrected chi connectivity index (χ3v) is 3.46. The summed E-state index contributed by atoms with van der Waals surface area (Å²) in [5.41, 5.74) is 0.397. The molecule has 0 aliphatic heterocycles. The minimum absolute atomic E-state index is 0.124. The number of Topliss-reactive ketones (excluding diaryl/α,β-unsaturated/α-hetero) is 2. The first-order chi connectivity index (χ1) is 11.0. The minimum atomic E-state index is -0.450. The van der Waals surface area contributed by atoms with Gasteiger partial charge < -0.3 is 9.84 Å². The summed E-state index contributed by atoms with van der Waals surface area (Å²) >= 11 is 5.94. The molecule has 2 rings (SSSR count). The van der Waals surface area contributed by atoms with E-state index in [1.807, 2.05) is 6.92 Å². The highest BCUT2D eigenvalue weighted by atomic mass is 35.5. The molecule has 4 nitrogen and oxygen atoms in total. The monoisotopic (exact) mass is 332 g/mol. The molecule has 0 radical (unpaired) electrons. The average molecular weight is 333 g/mol. The lowest BCUT2D eigenvalue weighted by Crippen LogP contribution is -2.11. The zero-order valence-corrected chi connectivity index (χ0v) is 13.5. The number of hydrogen-bond acceptors (Lipinski definition) is 4. The number of ketones is 2. The normalized spacial score (nSPS) is 10.3. The first-order valence-corrected chi connectivity index (χ1v) is 7.67. The summed E-state index contributed by atoms with van der Waals surface area (Å²) in [4.78, 5) is 24.6. The molecule has 0 aromatic heterocycles. The van der Waals surface area contributed by atoms with E-state index in [4.69, 9.17) is 16.3 Å². The lowest BCUT2D eigenvalue weighted by Gasteiger charge is -2.10. The molecule has 23 heavy (non-hydrogen) atoms. The van der Waals surface area contributed by atoms with E-state index in [0.29, 0.717) is 17.4 Å². The van der Waals surface area contributed by atoms with Gasteiger partial charge in [-0.05, 0) is 36.8 Å². The number of phenols is 1. The molecule has 2 aromatic carbocycles. The number of para-hydroxylation sites is 1. The van der Waals surface area contributed by atoms with Gasteiger partial charge in [0, 0.05) is 5.02 Å². The van der Waals surface area contributed by atoms with Gasteiger partial charge in [0.25, 0.3) is 0 Å². The van der Waals surface area contributed by atoms with Gasteiger partial charge in [-0.2, -0.15) is 0 Å². The molecule has 0 atom stereocenters. The van der Waals surface area contributed by atoms with Crippen molar-refractivity contribution in [1.29, 1.82) is 0 Å². The van der Waals surface area contributed by atoms with Gasteiger partial charge in [0.2, 0.25) is 0 Å². The molecule has 0 aliphatic rings. The summed E-state index contributed by atoms with van der Waals surface area (Å²) < 4.78 is 5.53. The highest BCUT2D eigenvalue weighted by Gasteiger charge is 2.19. The second kappa shape index (κ2) is 7.79. The SMILES string of the molecule is CCCOc1ccc(Cl)cc1C(=O)CC(=O)c1ccccc1O. The second-order valence-corrected chi connectivity index (χ2v) is 5.47. The van der Waals surface area contributed by atoms with Crippen LogP contribution in [0.3, 0.4) is 0 Å². The van der Waals surface area contributed by atoms with E-state index < -0.39 is 11.6 Å². The maximum absolute atomic E-state index is 12.4. The van der Waals surface area contributed by atoms with Crippen LogP contribution in [-0.4, -0.2) is 23.3 Å².